The van der Waals surface area contributed by atoms with Gasteiger partial charge in [-0.1, -0.05) is 18.6 Å². The largest absolute Gasteiger partial charge is 0.508 e. The Morgan fingerprint density at radius 2 is 1.09 bits per heavy atom. The van der Waals surface area contributed by atoms with Crippen molar-refractivity contribution in [3.63, 3.8) is 0 Å². The Hall–Kier alpha value is -2.77. The Morgan fingerprint density at radius 3 is 1.47 bits per heavy atom. The van der Waals surface area contributed by atoms with Gasteiger partial charge in [0.1, 0.15) is 23.9 Å². The number of carboxylic acids is 3. The molecule has 32 heavy (non-hydrogen) atoms. The van der Waals surface area contributed by atoms with Gasteiger partial charge < -0.3 is 49.1 Å². The molecule has 0 aliphatic heterocycles. The number of hydrogen-bond acceptors (Lipinski definition) is 9. The van der Waals surface area contributed by atoms with Gasteiger partial charge in [0.25, 0.3) is 0 Å². The van der Waals surface area contributed by atoms with Crippen LogP contribution in [0.3, 0.4) is 0 Å². The maximum Gasteiger partial charge on any atom is 0.320 e. The first-order chi connectivity index (χ1) is 15.0. The van der Waals surface area contributed by atoms with Crippen LogP contribution in [0.15, 0.2) is 24.3 Å². The summed E-state index contributed by atoms with van der Waals surface area (Å²) in [5, 5.41) is 34.0. The van der Waals surface area contributed by atoms with Crippen molar-refractivity contribution in [2.75, 3.05) is 13.1 Å². The van der Waals surface area contributed by atoms with Crippen LogP contribution in [0.25, 0.3) is 0 Å². The quantitative estimate of drug-likeness (QED) is 0.171. The monoisotopic (exact) mass is 459 g/mol. The fraction of sp³-hybridized carbons (Fsp3) is 0.550. The first-order valence-electron chi connectivity index (χ1n) is 10.1. The molecule has 184 valence electrons. The molecule has 14 N–H and O–H groups in total. The minimum absolute atomic E-state index is 0.160. The second kappa shape index (κ2) is 19.0. The highest BCUT2D eigenvalue weighted by Gasteiger charge is 2.11. The van der Waals surface area contributed by atoms with Gasteiger partial charge in [0.05, 0.1) is 0 Å². The normalized spacial score (nSPS) is 12.8. The van der Waals surface area contributed by atoms with Crippen LogP contribution in [0.1, 0.15) is 37.7 Å². The number of carboxylic acid groups (broad SMARTS) is 3. The number of carbonyl (C=O) groups is 3. The van der Waals surface area contributed by atoms with E-state index in [1.165, 1.54) is 12.1 Å². The molecule has 0 aromatic heterocycles. The molecule has 0 amide bonds. The Labute approximate surface area is 187 Å². The number of nitrogens with two attached hydrogens (primary N) is 5. The molecular weight excluding hydrogens is 422 g/mol. The molecule has 1 rings (SSSR count). The molecule has 1 aromatic rings. The number of phenols is 1. The molecule has 0 saturated heterocycles. The second-order valence-corrected chi connectivity index (χ2v) is 6.92. The molecule has 0 radical (unpaired) electrons. The number of unbranched alkanes of at least 4 members (excludes halogenated alkanes) is 1. The van der Waals surface area contributed by atoms with E-state index in [-0.39, 0.29) is 12.2 Å². The van der Waals surface area contributed by atoms with Gasteiger partial charge in [-0.05, 0) is 62.9 Å². The van der Waals surface area contributed by atoms with Crippen molar-refractivity contribution < 1.29 is 34.8 Å². The smallest absolute Gasteiger partial charge is 0.320 e. The molecule has 0 bridgehead atoms. The lowest BCUT2D eigenvalue weighted by Crippen LogP contribution is -2.32. The maximum absolute atomic E-state index is 10.4. The third kappa shape index (κ3) is 18.0. The van der Waals surface area contributed by atoms with E-state index >= 15 is 0 Å². The van der Waals surface area contributed by atoms with Crippen molar-refractivity contribution in [3.05, 3.63) is 29.8 Å². The molecule has 12 heteroatoms. The summed E-state index contributed by atoms with van der Waals surface area (Å²) in [5.41, 5.74) is 26.8. The number of phenolic OH excluding ortho intramolecular Hbond substituents is 1. The molecule has 0 fully saturated rings. The molecule has 3 atom stereocenters. The Bertz CT molecular complexity index is 658. The van der Waals surface area contributed by atoms with Crippen molar-refractivity contribution >= 4 is 17.9 Å². The fourth-order valence-corrected chi connectivity index (χ4v) is 2.07. The summed E-state index contributed by atoms with van der Waals surface area (Å²) >= 11 is 0. The summed E-state index contributed by atoms with van der Waals surface area (Å²) in [6.45, 7) is 1.10. The Kier molecular flexibility index (Phi) is 18.6. The van der Waals surface area contributed by atoms with Gasteiger partial charge in [0.2, 0.25) is 0 Å². The molecule has 0 aliphatic rings. The summed E-state index contributed by atoms with van der Waals surface area (Å²) in [7, 11) is 0. The average Bonchev–Trinajstić information content (AvgIpc) is 2.74. The minimum Gasteiger partial charge on any atom is -0.508 e. The van der Waals surface area contributed by atoms with E-state index in [2.05, 4.69) is 0 Å². The lowest BCUT2D eigenvalue weighted by Gasteiger charge is -2.05. The van der Waals surface area contributed by atoms with Crippen LogP contribution < -0.4 is 28.7 Å². The van der Waals surface area contributed by atoms with Crippen LogP contribution in [-0.2, 0) is 20.8 Å². The third-order valence-corrected chi connectivity index (χ3v) is 4.03. The van der Waals surface area contributed by atoms with Crippen LogP contribution in [-0.4, -0.2) is 69.5 Å². The van der Waals surface area contributed by atoms with Gasteiger partial charge in [-0.15, -0.1) is 0 Å². The number of rotatable bonds is 12. The molecular formula is C20H37N5O7. The van der Waals surface area contributed by atoms with E-state index in [1.807, 2.05) is 0 Å². The van der Waals surface area contributed by atoms with E-state index < -0.39 is 36.0 Å². The van der Waals surface area contributed by atoms with Gasteiger partial charge in [-0.25, -0.2) is 0 Å². The molecule has 0 heterocycles. The zero-order chi connectivity index (χ0) is 25.1. The Balaban J connectivity index is 0. The van der Waals surface area contributed by atoms with Crippen molar-refractivity contribution in [3.8, 4) is 5.75 Å². The zero-order valence-corrected chi connectivity index (χ0v) is 18.1. The van der Waals surface area contributed by atoms with Gasteiger partial charge >= 0.3 is 17.9 Å². The highest BCUT2D eigenvalue weighted by Crippen LogP contribution is 2.10. The summed E-state index contributed by atoms with van der Waals surface area (Å²) in [4.78, 5) is 30.6. The van der Waals surface area contributed by atoms with Gasteiger partial charge in [0, 0.05) is 0 Å². The number of aliphatic carboxylic acids is 3. The van der Waals surface area contributed by atoms with E-state index in [0.29, 0.717) is 32.4 Å². The summed E-state index contributed by atoms with van der Waals surface area (Å²) < 4.78 is 0. The van der Waals surface area contributed by atoms with Gasteiger partial charge in [-0.2, -0.15) is 0 Å². The van der Waals surface area contributed by atoms with Crippen LogP contribution in [0, 0.1) is 0 Å². The molecule has 12 nitrogen and oxygen atoms in total. The van der Waals surface area contributed by atoms with Crippen molar-refractivity contribution in [2.24, 2.45) is 28.7 Å². The summed E-state index contributed by atoms with van der Waals surface area (Å²) in [5.74, 6) is -2.75. The summed E-state index contributed by atoms with van der Waals surface area (Å²) in [6.07, 6.45) is 3.58. The lowest BCUT2D eigenvalue weighted by molar-refractivity contribution is -0.139. The fourth-order valence-electron chi connectivity index (χ4n) is 2.07. The van der Waals surface area contributed by atoms with E-state index in [4.69, 9.17) is 49.1 Å². The van der Waals surface area contributed by atoms with E-state index in [9.17, 15) is 14.4 Å². The zero-order valence-electron chi connectivity index (χ0n) is 18.1. The maximum atomic E-state index is 10.4. The average molecular weight is 460 g/mol. The predicted molar refractivity (Wildman–Crippen MR) is 120 cm³/mol. The minimum atomic E-state index is -1.02. The highest BCUT2D eigenvalue weighted by atomic mass is 16.4. The number of benzene rings is 1. The topological polar surface area (TPSA) is 262 Å². The second-order valence-electron chi connectivity index (χ2n) is 6.92. The first-order valence-corrected chi connectivity index (χ1v) is 10.1. The van der Waals surface area contributed by atoms with Crippen LogP contribution in [0.5, 0.6) is 5.75 Å². The van der Waals surface area contributed by atoms with Crippen LogP contribution in [0.2, 0.25) is 0 Å². The first kappa shape index (κ1) is 31.4. The Morgan fingerprint density at radius 1 is 0.688 bits per heavy atom. The molecule has 3 unspecified atom stereocenters. The standard InChI is InChI=1S/C9H11NO3.C6H14N2O2.C5H12N2O2/c10-8(9(12)13)5-6-1-3-7(11)4-2-6;7-4-2-1-3-5(8)6(9)10;6-3-1-2-4(7)5(8)9/h1-4,8,11H,5,10H2,(H,12,13);5H,1-4,7-8H2,(H,9,10);4H,1-3,6-7H2,(H,8,9). The molecule has 0 spiro atoms. The van der Waals surface area contributed by atoms with Crippen LogP contribution >= 0.6 is 0 Å². The third-order valence-electron chi connectivity index (χ3n) is 4.03. The van der Waals surface area contributed by atoms with Gasteiger partial charge in [0.15, 0.2) is 0 Å². The predicted octanol–water partition coefficient (Wildman–Crippen LogP) is -0.989. The lowest BCUT2D eigenvalue weighted by atomic mass is 10.1. The molecule has 1 aromatic carbocycles. The number of aromatic hydroxyl groups is 1. The van der Waals surface area contributed by atoms with Crippen molar-refractivity contribution in [1.29, 1.82) is 0 Å². The van der Waals surface area contributed by atoms with Crippen molar-refractivity contribution in [1.82, 2.24) is 0 Å². The van der Waals surface area contributed by atoms with E-state index in [1.54, 1.807) is 12.1 Å². The van der Waals surface area contributed by atoms with E-state index in [0.717, 1.165) is 18.4 Å². The summed E-state index contributed by atoms with van der Waals surface area (Å²) in [6, 6.07) is 3.97. The number of hydrogen-bond donors (Lipinski definition) is 9. The highest BCUT2D eigenvalue weighted by molar-refractivity contribution is 5.73. The van der Waals surface area contributed by atoms with Gasteiger partial charge in [-0.3, -0.25) is 14.4 Å². The van der Waals surface area contributed by atoms with Crippen LogP contribution in [0.4, 0.5) is 0 Å². The molecule has 0 aliphatic carbocycles. The SMILES string of the molecule is NC(Cc1ccc(O)cc1)C(=O)O.NCCCC(N)C(=O)O.NCCCCC(N)C(=O)O. The van der Waals surface area contributed by atoms with Crippen molar-refractivity contribution in [2.45, 2.75) is 56.7 Å². The molecule has 0 saturated carbocycles.